The molecule has 0 spiro atoms. The van der Waals surface area contributed by atoms with Crippen molar-refractivity contribution in [2.24, 2.45) is 0 Å². The topological polar surface area (TPSA) is 32.3 Å². The quantitative estimate of drug-likeness (QED) is 0.792. The number of hydrogen-bond acceptors (Lipinski definition) is 2. The van der Waals surface area contributed by atoms with Crippen LogP contribution in [0.1, 0.15) is 20.8 Å². The maximum absolute atomic E-state index is 11.8. The molecule has 1 aliphatic heterocycles. The van der Waals surface area contributed by atoms with E-state index in [4.69, 9.17) is 0 Å². The molecule has 3 heteroatoms. The summed E-state index contributed by atoms with van der Waals surface area (Å²) in [5, 5.41) is 2.93. The van der Waals surface area contributed by atoms with Crippen LogP contribution in [0.25, 0.3) is 0 Å². The Hall–Kier alpha value is -1.77. The molecule has 90 valence electrons. The third kappa shape index (κ3) is 2.33. The van der Waals surface area contributed by atoms with Gasteiger partial charge in [0.1, 0.15) is 6.04 Å². The molecule has 3 nitrogen and oxygen atoms in total. The van der Waals surface area contributed by atoms with Crippen molar-refractivity contribution in [3.63, 3.8) is 0 Å². The molecule has 0 aromatic heterocycles. The van der Waals surface area contributed by atoms with Crippen LogP contribution in [-0.2, 0) is 4.79 Å². The molecule has 0 fully saturated rings. The first kappa shape index (κ1) is 11.7. The molecule has 1 heterocycles. The summed E-state index contributed by atoms with van der Waals surface area (Å²) in [4.78, 5) is 14.0. The molecule has 0 aliphatic carbocycles. The normalized spacial score (nSPS) is 18.4. The van der Waals surface area contributed by atoms with Crippen LogP contribution in [0.5, 0.6) is 0 Å². The Labute approximate surface area is 102 Å². The molecule has 1 amide bonds. The number of carbonyl (C=O) groups excluding carboxylic acids is 1. The van der Waals surface area contributed by atoms with E-state index in [0.29, 0.717) is 0 Å². The van der Waals surface area contributed by atoms with E-state index in [1.54, 1.807) is 0 Å². The van der Waals surface area contributed by atoms with Crippen molar-refractivity contribution in [3.8, 4) is 0 Å². The van der Waals surface area contributed by atoms with E-state index in [-0.39, 0.29) is 11.9 Å². The van der Waals surface area contributed by atoms with Gasteiger partial charge in [-0.1, -0.05) is 23.8 Å². The van der Waals surface area contributed by atoms with Gasteiger partial charge in [0.05, 0.1) is 11.4 Å². The van der Waals surface area contributed by atoms with Crippen LogP contribution < -0.4 is 10.2 Å². The van der Waals surface area contributed by atoms with Crippen molar-refractivity contribution >= 4 is 17.3 Å². The number of nitrogens with zero attached hydrogens (tertiary/aromatic N) is 1. The molecule has 1 atom stereocenters. The minimum absolute atomic E-state index is 0.0610. The molecule has 0 radical (unpaired) electrons. The Morgan fingerprint density at radius 3 is 2.82 bits per heavy atom. The highest BCUT2D eigenvalue weighted by Gasteiger charge is 2.28. The third-order valence-electron chi connectivity index (χ3n) is 3.01. The van der Waals surface area contributed by atoms with Gasteiger partial charge in [0, 0.05) is 6.54 Å². The van der Waals surface area contributed by atoms with E-state index in [1.165, 1.54) is 5.57 Å². The number of carbonyl (C=O) groups is 1. The van der Waals surface area contributed by atoms with Crippen molar-refractivity contribution in [3.05, 3.63) is 35.9 Å². The average Bonchev–Trinajstić information content (AvgIpc) is 2.29. The Bertz CT molecular complexity index is 461. The molecule has 17 heavy (non-hydrogen) atoms. The first-order valence-corrected chi connectivity index (χ1v) is 5.89. The second-order valence-electron chi connectivity index (χ2n) is 4.62. The van der Waals surface area contributed by atoms with Gasteiger partial charge in [-0.25, -0.2) is 0 Å². The highest BCUT2D eigenvalue weighted by atomic mass is 16.2. The fourth-order valence-electron chi connectivity index (χ4n) is 1.95. The molecule has 1 unspecified atom stereocenters. The highest BCUT2D eigenvalue weighted by molar-refractivity contribution is 6.03. The van der Waals surface area contributed by atoms with Crippen LogP contribution in [0.2, 0.25) is 0 Å². The Morgan fingerprint density at radius 2 is 2.12 bits per heavy atom. The summed E-state index contributed by atoms with van der Waals surface area (Å²) in [6, 6.07) is 7.80. The molecule has 2 rings (SSSR count). The molecule has 0 bridgehead atoms. The van der Waals surface area contributed by atoms with E-state index in [0.717, 1.165) is 17.9 Å². The first-order chi connectivity index (χ1) is 8.09. The average molecular weight is 230 g/mol. The van der Waals surface area contributed by atoms with Crippen LogP contribution in [0, 0.1) is 0 Å². The number of hydrogen-bond donors (Lipinski definition) is 1. The lowest BCUT2D eigenvalue weighted by molar-refractivity contribution is -0.117. The summed E-state index contributed by atoms with van der Waals surface area (Å²) in [7, 11) is 0. The smallest absolute Gasteiger partial charge is 0.246 e. The zero-order chi connectivity index (χ0) is 12.4. The van der Waals surface area contributed by atoms with E-state index in [1.807, 2.05) is 31.2 Å². The number of nitrogens with one attached hydrogen (secondary N) is 1. The van der Waals surface area contributed by atoms with Crippen molar-refractivity contribution in [2.75, 3.05) is 16.8 Å². The number of allylic oxidation sites excluding steroid dienone is 1. The van der Waals surface area contributed by atoms with E-state index in [9.17, 15) is 4.79 Å². The molecule has 1 aromatic carbocycles. The fourth-order valence-corrected chi connectivity index (χ4v) is 1.95. The van der Waals surface area contributed by atoms with E-state index >= 15 is 0 Å². The predicted molar refractivity (Wildman–Crippen MR) is 71.3 cm³/mol. The lowest BCUT2D eigenvalue weighted by Gasteiger charge is -2.35. The van der Waals surface area contributed by atoms with Crippen molar-refractivity contribution in [2.45, 2.75) is 26.8 Å². The largest absolute Gasteiger partial charge is 0.354 e. The molecule has 0 saturated heterocycles. The highest BCUT2D eigenvalue weighted by Crippen LogP contribution is 2.31. The van der Waals surface area contributed by atoms with Crippen molar-refractivity contribution in [1.29, 1.82) is 0 Å². The van der Waals surface area contributed by atoms with Crippen molar-refractivity contribution in [1.82, 2.24) is 0 Å². The number of fused-ring (bicyclic) bond motifs is 1. The number of benzene rings is 1. The van der Waals surface area contributed by atoms with Gasteiger partial charge in [0.25, 0.3) is 0 Å². The monoisotopic (exact) mass is 230 g/mol. The van der Waals surface area contributed by atoms with Crippen LogP contribution in [0.4, 0.5) is 11.4 Å². The maximum Gasteiger partial charge on any atom is 0.246 e. The van der Waals surface area contributed by atoms with Crippen molar-refractivity contribution < 1.29 is 4.79 Å². The SMILES string of the molecule is CC(C)=CCN1c2ccccc2NC(=O)C1C. The summed E-state index contributed by atoms with van der Waals surface area (Å²) < 4.78 is 0. The van der Waals surface area contributed by atoms with Gasteiger partial charge < -0.3 is 10.2 Å². The lowest BCUT2D eigenvalue weighted by atomic mass is 10.1. The van der Waals surface area contributed by atoms with Gasteiger partial charge >= 0.3 is 0 Å². The number of para-hydroxylation sites is 2. The Kier molecular flexibility index (Phi) is 3.18. The predicted octanol–water partition coefficient (Wildman–Crippen LogP) is 2.80. The molecule has 1 aliphatic rings. The second-order valence-corrected chi connectivity index (χ2v) is 4.62. The molecule has 1 N–H and O–H groups in total. The van der Waals surface area contributed by atoms with Crippen LogP contribution in [0.15, 0.2) is 35.9 Å². The Balaban J connectivity index is 2.35. The van der Waals surface area contributed by atoms with Crippen LogP contribution >= 0.6 is 0 Å². The minimum atomic E-state index is -0.125. The van der Waals surface area contributed by atoms with E-state index < -0.39 is 0 Å². The van der Waals surface area contributed by atoms with Gasteiger partial charge in [0.15, 0.2) is 0 Å². The second kappa shape index (κ2) is 4.62. The zero-order valence-corrected chi connectivity index (χ0v) is 10.5. The third-order valence-corrected chi connectivity index (χ3v) is 3.01. The summed E-state index contributed by atoms with van der Waals surface area (Å²) in [6.45, 7) is 6.85. The maximum atomic E-state index is 11.8. The zero-order valence-electron chi connectivity index (χ0n) is 10.5. The molecule has 0 saturated carbocycles. The summed E-state index contributed by atoms with van der Waals surface area (Å²) >= 11 is 0. The van der Waals surface area contributed by atoms with Crippen LogP contribution in [0.3, 0.4) is 0 Å². The van der Waals surface area contributed by atoms with Crippen LogP contribution in [-0.4, -0.2) is 18.5 Å². The standard InChI is InChI=1S/C14H18N2O/c1-10(2)8-9-16-11(3)14(17)15-12-6-4-5-7-13(12)16/h4-8,11H,9H2,1-3H3,(H,15,17). The minimum Gasteiger partial charge on any atom is -0.354 e. The number of amides is 1. The van der Waals surface area contributed by atoms with Gasteiger partial charge in [-0.05, 0) is 32.9 Å². The molecule has 1 aromatic rings. The van der Waals surface area contributed by atoms with Gasteiger partial charge in [0.2, 0.25) is 5.91 Å². The van der Waals surface area contributed by atoms with Gasteiger partial charge in [-0.3, -0.25) is 4.79 Å². The molecular formula is C14H18N2O. The summed E-state index contributed by atoms with van der Waals surface area (Å²) in [5.74, 6) is 0.0610. The molecular weight excluding hydrogens is 212 g/mol. The van der Waals surface area contributed by atoms with E-state index in [2.05, 4.69) is 30.1 Å². The first-order valence-electron chi connectivity index (χ1n) is 5.89. The number of rotatable bonds is 2. The van der Waals surface area contributed by atoms with Gasteiger partial charge in [-0.2, -0.15) is 0 Å². The number of anilines is 2. The van der Waals surface area contributed by atoms with Gasteiger partial charge in [-0.15, -0.1) is 0 Å². The summed E-state index contributed by atoms with van der Waals surface area (Å²) in [6.07, 6.45) is 2.14. The lowest BCUT2D eigenvalue weighted by Crippen LogP contribution is -2.46. The Morgan fingerprint density at radius 1 is 1.41 bits per heavy atom. The summed E-state index contributed by atoms with van der Waals surface area (Å²) in [5.41, 5.74) is 3.26. The fraction of sp³-hybridized carbons (Fsp3) is 0.357.